The van der Waals surface area contributed by atoms with Crippen LogP contribution in [-0.2, 0) is 4.79 Å². The first-order valence-corrected chi connectivity index (χ1v) is 7.50. The predicted molar refractivity (Wildman–Crippen MR) is 85.0 cm³/mol. The SMILES string of the molecule is Cc1ccc(Cl)cc1NC(=O)C(C)Sc1nccc(=O)[nH]1. The van der Waals surface area contributed by atoms with E-state index in [-0.39, 0.29) is 11.5 Å². The molecule has 2 aromatic rings. The monoisotopic (exact) mass is 323 g/mol. The number of halogens is 1. The number of aromatic nitrogens is 2. The van der Waals surface area contributed by atoms with Crippen LogP contribution in [0.5, 0.6) is 0 Å². The lowest BCUT2D eigenvalue weighted by Gasteiger charge is -2.13. The maximum atomic E-state index is 12.2. The van der Waals surface area contributed by atoms with E-state index in [1.165, 1.54) is 24.0 Å². The second-order valence-corrected chi connectivity index (χ2v) is 6.21. The number of carbonyl (C=O) groups is 1. The molecular weight excluding hydrogens is 310 g/mol. The van der Waals surface area contributed by atoms with Crippen molar-refractivity contribution in [3.8, 4) is 0 Å². The highest BCUT2D eigenvalue weighted by atomic mass is 35.5. The second kappa shape index (κ2) is 6.78. The van der Waals surface area contributed by atoms with E-state index in [1.807, 2.05) is 13.0 Å². The molecule has 0 aliphatic heterocycles. The molecule has 1 aromatic carbocycles. The molecule has 1 amide bonds. The highest BCUT2D eigenvalue weighted by molar-refractivity contribution is 8.00. The van der Waals surface area contributed by atoms with Crippen molar-refractivity contribution in [2.75, 3.05) is 5.32 Å². The number of nitrogens with one attached hydrogen (secondary N) is 2. The molecule has 0 saturated carbocycles. The molecular formula is C14H14ClN3O2S. The average molecular weight is 324 g/mol. The first-order chi connectivity index (χ1) is 9.95. The summed E-state index contributed by atoms with van der Waals surface area (Å²) in [5, 5.41) is 3.38. The van der Waals surface area contributed by atoms with Crippen LogP contribution in [-0.4, -0.2) is 21.1 Å². The van der Waals surface area contributed by atoms with Crippen LogP contribution in [0.15, 0.2) is 40.4 Å². The summed E-state index contributed by atoms with van der Waals surface area (Å²) in [6.45, 7) is 3.63. The van der Waals surface area contributed by atoms with Crippen LogP contribution in [0.2, 0.25) is 5.02 Å². The van der Waals surface area contributed by atoms with E-state index >= 15 is 0 Å². The number of rotatable bonds is 4. The molecule has 0 saturated heterocycles. The molecule has 1 aromatic heterocycles. The van der Waals surface area contributed by atoms with E-state index < -0.39 is 5.25 Å². The molecule has 1 atom stereocenters. The zero-order chi connectivity index (χ0) is 15.4. The van der Waals surface area contributed by atoms with Crippen LogP contribution in [0, 0.1) is 6.92 Å². The lowest BCUT2D eigenvalue weighted by Crippen LogP contribution is -2.23. The van der Waals surface area contributed by atoms with Gasteiger partial charge in [0.25, 0.3) is 5.56 Å². The number of nitrogens with zero attached hydrogens (tertiary/aromatic N) is 1. The first kappa shape index (κ1) is 15.6. The Morgan fingerprint density at radius 3 is 2.90 bits per heavy atom. The van der Waals surface area contributed by atoms with Crippen LogP contribution in [0.1, 0.15) is 12.5 Å². The number of hydrogen-bond donors (Lipinski definition) is 2. The minimum atomic E-state index is -0.408. The quantitative estimate of drug-likeness (QED) is 0.670. The maximum Gasteiger partial charge on any atom is 0.251 e. The molecule has 1 heterocycles. The Labute approximate surface area is 131 Å². The van der Waals surface area contributed by atoms with Crippen molar-refractivity contribution < 1.29 is 4.79 Å². The summed E-state index contributed by atoms with van der Waals surface area (Å²) < 4.78 is 0. The maximum absolute atomic E-state index is 12.2. The van der Waals surface area contributed by atoms with Gasteiger partial charge >= 0.3 is 0 Å². The molecule has 0 bridgehead atoms. The second-order valence-electron chi connectivity index (χ2n) is 4.45. The van der Waals surface area contributed by atoms with E-state index in [4.69, 9.17) is 11.6 Å². The molecule has 0 radical (unpaired) electrons. The fourth-order valence-electron chi connectivity index (χ4n) is 1.60. The number of aromatic amines is 1. The molecule has 7 heteroatoms. The van der Waals surface area contributed by atoms with Gasteiger partial charge < -0.3 is 10.3 Å². The number of carbonyl (C=O) groups excluding carboxylic acids is 1. The van der Waals surface area contributed by atoms with Gasteiger partial charge in [-0.05, 0) is 31.5 Å². The predicted octanol–water partition coefficient (Wildman–Crippen LogP) is 2.85. The summed E-state index contributed by atoms with van der Waals surface area (Å²) in [7, 11) is 0. The van der Waals surface area contributed by atoms with Crippen molar-refractivity contribution in [3.63, 3.8) is 0 Å². The molecule has 0 fully saturated rings. The number of hydrogen-bond acceptors (Lipinski definition) is 4. The Kier molecular flexibility index (Phi) is 5.03. The number of H-pyrrole nitrogens is 1. The van der Waals surface area contributed by atoms with Crippen molar-refractivity contribution in [2.45, 2.75) is 24.3 Å². The Balaban J connectivity index is 2.06. The molecule has 0 spiro atoms. The standard InChI is InChI=1S/C14H14ClN3O2S/c1-8-3-4-10(15)7-11(8)17-13(20)9(2)21-14-16-6-5-12(19)18-14/h3-7,9H,1-2H3,(H,17,20)(H,16,18,19). The third kappa shape index (κ3) is 4.34. The van der Waals surface area contributed by atoms with Crippen molar-refractivity contribution >= 4 is 35.0 Å². The van der Waals surface area contributed by atoms with E-state index in [1.54, 1.807) is 19.1 Å². The largest absolute Gasteiger partial charge is 0.325 e. The van der Waals surface area contributed by atoms with E-state index in [2.05, 4.69) is 15.3 Å². The van der Waals surface area contributed by atoms with Crippen LogP contribution >= 0.6 is 23.4 Å². The van der Waals surface area contributed by atoms with E-state index in [0.717, 1.165) is 5.56 Å². The smallest absolute Gasteiger partial charge is 0.251 e. The molecule has 0 aliphatic rings. The summed E-state index contributed by atoms with van der Waals surface area (Å²) in [4.78, 5) is 29.9. The van der Waals surface area contributed by atoms with Crippen molar-refractivity contribution in [1.29, 1.82) is 0 Å². The van der Waals surface area contributed by atoms with Gasteiger partial charge in [0.1, 0.15) is 0 Å². The highest BCUT2D eigenvalue weighted by Gasteiger charge is 2.16. The lowest BCUT2D eigenvalue weighted by atomic mass is 10.2. The van der Waals surface area contributed by atoms with Crippen LogP contribution in [0.3, 0.4) is 0 Å². The van der Waals surface area contributed by atoms with Gasteiger partial charge in [-0.1, -0.05) is 29.4 Å². The van der Waals surface area contributed by atoms with Gasteiger partial charge in [0.05, 0.1) is 5.25 Å². The lowest BCUT2D eigenvalue weighted by molar-refractivity contribution is -0.115. The number of anilines is 1. The van der Waals surface area contributed by atoms with E-state index in [9.17, 15) is 9.59 Å². The van der Waals surface area contributed by atoms with Gasteiger partial charge in [0.15, 0.2) is 5.16 Å². The zero-order valence-electron chi connectivity index (χ0n) is 11.5. The van der Waals surface area contributed by atoms with Gasteiger partial charge in [-0.3, -0.25) is 9.59 Å². The minimum Gasteiger partial charge on any atom is -0.325 e. The van der Waals surface area contributed by atoms with Crippen molar-refractivity contribution in [3.05, 3.63) is 51.4 Å². The van der Waals surface area contributed by atoms with Crippen LogP contribution in [0.4, 0.5) is 5.69 Å². The number of aryl methyl sites for hydroxylation is 1. The van der Waals surface area contributed by atoms with Gasteiger partial charge in [-0.25, -0.2) is 4.98 Å². The van der Waals surface area contributed by atoms with Crippen LogP contribution < -0.4 is 10.9 Å². The molecule has 5 nitrogen and oxygen atoms in total. The molecule has 1 unspecified atom stereocenters. The summed E-state index contributed by atoms with van der Waals surface area (Å²) in [5.41, 5.74) is 1.36. The molecule has 21 heavy (non-hydrogen) atoms. The Morgan fingerprint density at radius 1 is 1.43 bits per heavy atom. The fourth-order valence-corrected chi connectivity index (χ4v) is 2.55. The Morgan fingerprint density at radius 2 is 2.19 bits per heavy atom. The molecule has 2 N–H and O–H groups in total. The third-order valence-corrected chi connectivity index (χ3v) is 4.00. The van der Waals surface area contributed by atoms with Crippen molar-refractivity contribution in [1.82, 2.24) is 9.97 Å². The average Bonchev–Trinajstić information content (AvgIpc) is 2.43. The minimum absolute atomic E-state index is 0.183. The normalized spacial score (nSPS) is 12.0. The number of thioether (sulfide) groups is 1. The fraction of sp³-hybridized carbons (Fsp3) is 0.214. The van der Waals surface area contributed by atoms with Gasteiger partial charge in [-0.15, -0.1) is 0 Å². The molecule has 2 rings (SSSR count). The van der Waals surface area contributed by atoms with Gasteiger partial charge in [0.2, 0.25) is 5.91 Å². The zero-order valence-corrected chi connectivity index (χ0v) is 13.1. The topological polar surface area (TPSA) is 74.8 Å². The summed E-state index contributed by atoms with van der Waals surface area (Å²) in [5.74, 6) is -0.183. The summed E-state index contributed by atoms with van der Waals surface area (Å²) in [6.07, 6.45) is 1.41. The third-order valence-electron chi connectivity index (χ3n) is 2.76. The molecule has 110 valence electrons. The summed E-state index contributed by atoms with van der Waals surface area (Å²) in [6, 6.07) is 6.63. The van der Waals surface area contributed by atoms with Gasteiger partial charge in [-0.2, -0.15) is 0 Å². The number of benzene rings is 1. The Hall–Kier alpha value is -1.79. The molecule has 0 aliphatic carbocycles. The highest BCUT2D eigenvalue weighted by Crippen LogP contribution is 2.23. The Bertz CT molecular complexity index is 717. The number of amides is 1. The van der Waals surface area contributed by atoms with Gasteiger partial charge in [0, 0.05) is 23.0 Å². The first-order valence-electron chi connectivity index (χ1n) is 6.24. The van der Waals surface area contributed by atoms with Crippen LogP contribution in [0.25, 0.3) is 0 Å². The summed E-state index contributed by atoms with van der Waals surface area (Å²) >= 11 is 7.10. The van der Waals surface area contributed by atoms with Crippen molar-refractivity contribution in [2.24, 2.45) is 0 Å². The van der Waals surface area contributed by atoms with E-state index in [0.29, 0.717) is 15.9 Å².